The van der Waals surface area contributed by atoms with Gasteiger partial charge in [-0.05, 0) is 23.8 Å². The largest absolute Gasteiger partial charge is 0.493 e. The number of ether oxygens (including phenoxy) is 5. The highest BCUT2D eigenvalue weighted by Crippen LogP contribution is 2.43. The van der Waals surface area contributed by atoms with Gasteiger partial charge in [-0.25, -0.2) is 9.97 Å². The van der Waals surface area contributed by atoms with Crippen molar-refractivity contribution in [3.8, 4) is 28.7 Å². The number of rotatable bonds is 5. The van der Waals surface area contributed by atoms with Crippen molar-refractivity contribution in [2.75, 3.05) is 33.9 Å². The van der Waals surface area contributed by atoms with Crippen LogP contribution in [0.1, 0.15) is 11.3 Å². The molecular formula is C19H20ClN3O5. The molecule has 0 amide bonds. The average Bonchev–Trinajstić information content (AvgIpc) is 3.14. The monoisotopic (exact) mass is 405 g/mol. The van der Waals surface area contributed by atoms with Crippen molar-refractivity contribution in [3.05, 3.63) is 35.5 Å². The summed E-state index contributed by atoms with van der Waals surface area (Å²) < 4.78 is 27.2. The Labute approximate surface area is 167 Å². The first-order chi connectivity index (χ1) is 13.1. The second-order valence-electron chi connectivity index (χ2n) is 5.93. The highest BCUT2D eigenvalue weighted by molar-refractivity contribution is 5.92. The van der Waals surface area contributed by atoms with Crippen molar-refractivity contribution in [2.24, 2.45) is 0 Å². The van der Waals surface area contributed by atoms with Gasteiger partial charge in [0.1, 0.15) is 5.52 Å². The Hall–Kier alpha value is -3.13. The fourth-order valence-electron chi connectivity index (χ4n) is 3.19. The van der Waals surface area contributed by atoms with E-state index in [2.05, 4.69) is 9.97 Å². The number of nitrogens with zero attached hydrogens (tertiary/aromatic N) is 2. The van der Waals surface area contributed by atoms with E-state index in [-0.39, 0.29) is 25.1 Å². The lowest BCUT2D eigenvalue weighted by molar-refractivity contribution is 0.174. The molecule has 0 aliphatic carbocycles. The van der Waals surface area contributed by atoms with E-state index in [1.165, 1.54) is 0 Å². The van der Waals surface area contributed by atoms with Gasteiger partial charge < -0.3 is 29.4 Å². The molecule has 4 rings (SSSR count). The Balaban J connectivity index is 0.00000225. The molecule has 0 bridgehead atoms. The highest BCUT2D eigenvalue weighted by atomic mass is 35.5. The second-order valence-corrected chi connectivity index (χ2v) is 5.93. The topological polar surface area (TPSA) is 98.0 Å². The summed E-state index contributed by atoms with van der Waals surface area (Å²) in [7, 11) is 4.66. The van der Waals surface area contributed by atoms with Crippen molar-refractivity contribution in [3.63, 3.8) is 0 Å². The number of aromatic nitrogens is 2. The van der Waals surface area contributed by atoms with Crippen molar-refractivity contribution in [2.45, 2.75) is 6.42 Å². The number of nitrogens with two attached hydrogens (primary N) is 1. The lowest BCUT2D eigenvalue weighted by atomic mass is 10.0. The number of anilines is 1. The normalized spacial score (nSPS) is 11.8. The van der Waals surface area contributed by atoms with E-state index in [1.807, 2.05) is 24.3 Å². The van der Waals surface area contributed by atoms with Crippen LogP contribution in [0.3, 0.4) is 0 Å². The molecule has 0 saturated heterocycles. The van der Waals surface area contributed by atoms with Gasteiger partial charge in [0.25, 0.3) is 0 Å². The van der Waals surface area contributed by atoms with Crippen LogP contribution < -0.4 is 29.4 Å². The molecule has 1 aliphatic rings. The maximum absolute atomic E-state index is 5.96. The average molecular weight is 406 g/mol. The van der Waals surface area contributed by atoms with Gasteiger partial charge in [0.15, 0.2) is 23.0 Å². The van der Waals surface area contributed by atoms with Gasteiger partial charge in [-0.1, -0.05) is 6.07 Å². The van der Waals surface area contributed by atoms with E-state index < -0.39 is 0 Å². The summed E-state index contributed by atoms with van der Waals surface area (Å²) in [6.07, 6.45) is 0.526. The van der Waals surface area contributed by atoms with Crippen LogP contribution in [0.15, 0.2) is 24.3 Å². The third kappa shape index (κ3) is 3.27. The summed E-state index contributed by atoms with van der Waals surface area (Å²) >= 11 is 0. The molecule has 28 heavy (non-hydrogen) atoms. The summed E-state index contributed by atoms with van der Waals surface area (Å²) in [5, 5.41) is 0.774. The van der Waals surface area contributed by atoms with E-state index in [4.69, 9.17) is 29.4 Å². The molecule has 3 aromatic rings. The molecule has 1 aliphatic heterocycles. The van der Waals surface area contributed by atoms with Crippen LogP contribution in [0.5, 0.6) is 28.7 Å². The molecule has 0 spiro atoms. The van der Waals surface area contributed by atoms with Crippen LogP contribution in [-0.2, 0) is 6.42 Å². The van der Waals surface area contributed by atoms with Gasteiger partial charge in [-0.15, -0.1) is 12.4 Å². The number of nitrogen functional groups attached to an aromatic ring is 1. The molecule has 0 fully saturated rings. The quantitative estimate of drug-likeness (QED) is 0.691. The molecule has 2 N–H and O–H groups in total. The Morgan fingerprint density at radius 2 is 1.71 bits per heavy atom. The van der Waals surface area contributed by atoms with E-state index in [0.717, 1.165) is 28.1 Å². The van der Waals surface area contributed by atoms with Crippen molar-refractivity contribution >= 4 is 29.3 Å². The van der Waals surface area contributed by atoms with Crippen molar-refractivity contribution < 1.29 is 23.7 Å². The number of fused-ring (bicyclic) bond motifs is 2. The number of benzene rings is 2. The molecule has 148 valence electrons. The first kappa shape index (κ1) is 19.6. The smallest absolute Gasteiger partial charge is 0.231 e. The van der Waals surface area contributed by atoms with Crippen LogP contribution in [0, 0.1) is 0 Å². The van der Waals surface area contributed by atoms with E-state index >= 15 is 0 Å². The lowest BCUT2D eigenvalue weighted by Gasteiger charge is -2.16. The van der Waals surface area contributed by atoms with Crippen LogP contribution in [0.25, 0.3) is 10.9 Å². The van der Waals surface area contributed by atoms with E-state index in [9.17, 15) is 0 Å². The first-order valence-electron chi connectivity index (χ1n) is 8.28. The molecule has 9 heteroatoms. The Bertz CT molecular complexity index is 1030. The van der Waals surface area contributed by atoms with Crippen molar-refractivity contribution in [1.82, 2.24) is 9.97 Å². The van der Waals surface area contributed by atoms with Crippen LogP contribution in [0.4, 0.5) is 5.95 Å². The summed E-state index contributed by atoms with van der Waals surface area (Å²) in [6.45, 7) is 0.233. The Morgan fingerprint density at radius 1 is 0.964 bits per heavy atom. The molecule has 2 aromatic carbocycles. The number of hydrogen-bond acceptors (Lipinski definition) is 8. The molecular weight excluding hydrogens is 386 g/mol. The van der Waals surface area contributed by atoms with Crippen LogP contribution in [0.2, 0.25) is 0 Å². The molecule has 1 aromatic heterocycles. The van der Waals surface area contributed by atoms with Gasteiger partial charge in [-0.2, -0.15) is 0 Å². The summed E-state index contributed by atoms with van der Waals surface area (Å²) in [5.41, 5.74) is 8.28. The maximum atomic E-state index is 5.96. The van der Waals surface area contributed by atoms with E-state index in [0.29, 0.717) is 29.2 Å². The van der Waals surface area contributed by atoms with Gasteiger partial charge in [0.05, 0.1) is 27.0 Å². The van der Waals surface area contributed by atoms with Gasteiger partial charge in [0.2, 0.25) is 18.5 Å². The molecule has 0 unspecified atom stereocenters. The van der Waals surface area contributed by atoms with Crippen LogP contribution in [-0.4, -0.2) is 38.1 Å². The SMILES string of the molecule is COc1cc2c(Cc3ccc4c(c3)OCO4)nc(N)nc2c(OC)c1OC.Cl. The summed E-state index contributed by atoms with van der Waals surface area (Å²) in [6, 6.07) is 7.62. The predicted molar refractivity (Wildman–Crippen MR) is 106 cm³/mol. The minimum Gasteiger partial charge on any atom is -0.493 e. The van der Waals surface area contributed by atoms with Crippen molar-refractivity contribution in [1.29, 1.82) is 0 Å². The third-order valence-corrected chi connectivity index (χ3v) is 4.40. The fourth-order valence-corrected chi connectivity index (χ4v) is 3.19. The third-order valence-electron chi connectivity index (χ3n) is 4.40. The predicted octanol–water partition coefficient (Wildman–Crippen LogP) is 2.98. The zero-order valence-electron chi connectivity index (χ0n) is 15.6. The summed E-state index contributed by atoms with van der Waals surface area (Å²) in [4.78, 5) is 8.79. The molecule has 0 atom stereocenters. The first-order valence-corrected chi connectivity index (χ1v) is 8.28. The fraction of sp³-hybridized carbons (Fsp3) is 0.263. The molecule has 2 heterocycles. The second kappa shape index (κ2) is 7.85. The zero-order valence-corrected chi connectivity index (χ0v) is 16.5. The highest BCUT2D eigenvalue weighted by Gasteiger charge is 2.21. The van der Waals surface area contributed by atoms with Gasteiger partial charge >= 0.3 is 0 Å². The zero-order chi connectivity index (χ0) is 19.0. The Morgan fingerprint density at radius 3 is 2.43 bits per heavy atom. The molecule has 8 nitrogen and oxygen atoms in total. The molecule has 0 radical (unpaired) electrons. The minimum atomic E-state index is 0. The number of methoxy groups -OCH3 is 3. The Kier molecular flexibility index (Phi) is 5.51. The number of hydrogen-bond donors (Lipinski definition) is 1. The standard InChI is InChI=1S/C19H19N3O5.ClH/c1-23-15-8-11-12(6-10-4-5-13-14(7-10)27-9-26-13)21-19(20)22-16(11)18(25-3)17(15)24-2;/h4-5,7-8H,6,9H2,1-3H3,(H2,20,21,22);1H. The maximum Gasteiger partial charge on any atom is 0.231 e. The van der Waals surface area contributed by atoms with Gasteiger partial charge in [0, 0.05) is 11.8 Å². The minimum absolute atomic E-state index is 0. The lowest BCUT2D eigenvalue weighted by Crippen LogP contribution is -2.04. The van der Waals surface area contributed by atoms with E-state index in [1.54, 1.807) is 21.3 Å². The summed E-state index contributed by atoms with van der Waals surface area (Å²) in [5.74, 6) is 3.05. The van der Waals surface area contributed by atoms with Gasteiger partial charge in [-0.3, -0.25) is 0 Å². The molecule has 0 saturated carbocycles. The van der Waals surface area contributed by atoms with Crippen LogP contribution >= 0.6 is 12.4 Å². The number of halogens is 1.